The molecule has 0 radical (unpaired) electrons. The molecular weight excluding hydrogens is 332 g/mol. The molecule has 0 aliphatic carbocycles. The van der Waals surface area contributed by atoms with Gasteiger partial charge in [-0.05, 0) is 61.2 Å². The lowest BCUT2D eigenvalue weighted by atomic mass is 10.1. The number of hydrogen-bond acceptors (Lipinski definition) is 3. The van der Waals surface area contributed by atoms with Gasteiger partial charge in [0.1, 0.15) is 0 Å². The van der Waals surface area contributed by atoms with Crippen molar-refractivity contribution in [3.8, 4) is 0 Å². The van der Waals surface area contributed by atoms with Crippen LogP contribution in [-0.2, 0) is 16.0 Å². The Balaban J connectivity index is 1.72. The number of benzene rings is 2. The third kappa shape index (κ3) is 6.27. The molecule has 0 unspecified atom stereocenters. The first kappa shape index (κ1) is 19.1. The number of aryl methyl sites for hydroxylation is 3. The first-order chi connectivity index (χ1) is 12.0. The van der Waals surface area contributed by atoms with E-state index in [0.717, 1.165) is 23.4 Å². The second-order valence-corrected chi connectivity index (χ2v) is 6.92. The van der Waals surface area contributed by atoms with Crippen molar-refractivity contribution in [3.63, 3.8) is 0 Å². The second-order valence-electron chi connectivity index (χ2n) is 5.94. The quantitative estimate of drug-likeness (QED) is 0.782. The largest absolute Gasteiger partial charge is 0.325 e. The summed E-state index contributed by atoms with van der Waals surface area (Å²) < 4.78 is 0. The molecule has 2 aromatic rings. The Morgan fingerprint density at radius 1 is 0.840 bits per heavy atom. The fourth-order valence-electron chi connectivity index (χ4n) is 2.27. The molecule has 4 nitrogen and oxygen atoms in total. The van der Waals surface area contributed by atoms with E-state index in [1.807, 2.05) is 56.3 Å². The maximum atomic E-state index is 12.0. The zero-order chi connectivity index (χ0) is 18.2. The molecule has 0 aliphatic rings. The van der Waals surface area contributed by atoms with E-state index < -0.39 is 0 Å². The number of rotatable bonds is 7. The van der Waals surface area contributed by atoms with Crippen LogP contribution in [0, 0.1) is 13.8 Å². The third-order valence-corrected chi connectivity index (χ3v) is 4.84. The van der Waals surface area contributed by atoms with Crippen molar-refractivity contribution < 1.29 is 9.59 Å². The number of nitrogens with one attached hydrogen (secondary N) is 2. The van der Waals surface area contributed by atoms with Crippen molar-refractivity contribution in [1.29, 1.82) is 0 Å². The predicted molar refractivity (Wildman–Crippen MR) is 106 cm³/mol. The SMILES string of the molecule is CCc1ccc(NC(=O)CSCC(=O)Nc2ccc(C)c(C)c2)cc1. The summed E-state index contributed by atoms with van der Waals surface area (Å²) in [7, 11) is 0. The maximum Gasteiger partial charge on any atom is 0.234 e. The van der Waals surface area contributed by atoms with E-state index in [0.29, 0.717) is 0 Å². The van der Waals surface area contributed by atoms with Crippen LogP contribution in [0.1, 0.15) is 23.6 Å². The molecule has 2 rings (SSSR count). The van der Waals surface area contributed by atoms with Crippen molar-refractivity contribution in [2.45, 2.75) is 27.2 Å². The summed E-state index contributed by atoms with van der Waals surface area (Å²) in [5.41, 5.74) is 5.13. The molecule has 2 amide bonds. The summed E-state index contributed by atoms with van der Waals surface area (Å²) in [5.74, 6) is 0.284. The van der Waals surface area contributed by atoms with Crippen molar-refractivity contribution >= 4 is 35.0 Å². The van der Waals surface area contributed by atoms with E-state index in [4.69, 9.17) is 0 Å². The second kappa shape index (κ2) is 9.28. The average molecular weight is 356 g/mol. The van der Waals surface area contributed by atoms with Gasteiger partial charge in [0.2, 0.25) is 11.8 Å². The van der Waals surface area contributed by atoms with Crippen molar-refractivity contribution in [3.05, 3.63) is 59.2 Å². The maximum absolute atomic E-state index is 12.0. The number of hydrogen-bond donors (Lipinski definition) is 2. The zero-order valence-corrected chi connectivity index (χ0v) is 15.7. The van der Waals surface area contributed by atoms with E-state index in [1.165, 1.54) is 22.9 Å². The highest BCUT2D eigenvalue weighted by Crippen LogP contribution is 2.15. The molecule has 0 saturated carbocycles. The lowest BCUT2D eigenvalue weighted by molar-refractivity contribution is -0.114. The number of anilines is 2. The van der Waals surface area contributed by atoms with Crippen LogP contribution in [0.2, 0.25) is 0 Å². The third-order valence-electron chi connectivity index (χ3n) is 3.90. The smallest absolute Gasteiger partial charge is 0.234 e. The Hall–Kier alpha value is -2.27. The van der Waals surface area contributed by atoms with E-state index in [-0.39, 0.29) is 23.3 Å². The normalized spacial score (nSPS) is 10.4. The first-order valence-electron chi connectivity index (χ1n) is 8.31. The van der Waals surface area contributed by atoms with Gasteiger partial charge in [-0.2, -0.15) is 0 Å². The fraction of sp³-hybridized carbons (Fsp3) is 0.300. The number of carbonyl (C=O) groups is 2. The molecule has 5 heteroatoms. The Kier molecular flexibility index (Phi) is 7.07. The van der Waals surface area contributed by atoms with E-state index in [1.54, 1.807) is 0 Å². The topological polar surface area (TPSA) is 58.2 Å². The summed E-state index contributed by atoms with van der Waals surface area (Å²) in [4.78, 5) is 23.9. The molecule has 132 valence electrons. The molecule has 0 heterocycles. The van der Waals surface area contributed by atoms with Gasteiger partial charge >= 0.3 is 0 Å². The minimum absolute atomic E-state index is 0.103. The van der Waals surface area contributed by atoms with Gasteiger partial charge in [-0.15, -0.1) is 11.8 Å². The molecule has 25 heavy (non-hydrogen) atoms. The first-order valence-corrected chi connectivity index (χ1v) is 9.47. The van der Waals surface area contributed by atoms with E-state index in [9.17, 15) is 9.59 Å². The highest BCUT2D eigenvalue weighted by atomic mass is 32.2. The molecule has 0 aromatic heterocycles. The summed E-state index contributed by atoms with van der Waals surface area (Å²) in [6.45, 7) is 6.13. The molecule has 2 aromatic carbocycles. The minimum atomic E-state index is -0.103. The van der Waals surface area contributed by atoms with Crippen LogP contribution in [-0.4, -0.2) is 23.3 Å². The fourth-order valence-corrected chi connectivity index (χ4v) is 2.89. The van der Waals surface area contributed by atoms with Crippen LogP contribution in [0.25, 0.3) is 0 Å². The van der Waals surface area contributed by atoms with Gasteiger partial charge in [-0.1, -0.05) is 25.1 Å². The lowest BCUT2D eigenvalue weighted by Gasteiger charge is -2.08. The summed E-state index contributed by atoms with van der Waals surface area (Å²) in [6, 6.07) is 13.6. The van der Waals surface area contributed by atoms with Crippen molar-refractivity contribution in [2.75, 3.05) is 22.1 Å². The molecular formula is C20H24N2O2S. The minimum Gasteiger partial charge on any atom is -0.325 e. The van der Waals surface area contributed by atoms with Crippen LogP contribution in [0.15, 0.2) is 42.5 Å². The molecule has 2 N–H and O–H groups in total. The molecule has 0 spiro atoms. The Labute approximate surface area is 153 Å². The Bertz CT molecular complexity index is 742. The summed E-state index contributed by atoms with van der Waals surface area (Å²) in [6.07, 6.45) is 0.972. The van der Waals surface area contributed by atoms with Crippen LogP contribution in [0.3, 0.4) is 0 Å². The average Bonchev–Trinajstić information content (AvgIpc) is 2.59. The summed E-state index contributed by atoms with van der Waals surface area (Å²) in [5, 5.41) is 5.69. The standard InChI is InChI=1S/C20H24N2O2S/c1-4-16-6-9-17(10-7-16)21-19(23)12-25-13-20(24)22-18-8-5-14(2)15(3)11-18/h5-11H,4,12-13H2,1-3H3,(H,21,23)(H,22,24). The zero-order valence-electron chi connectivity index (χ0n) is 14.9. The monoisotopic (exact) mass is 356 g/mol. The Morgan fingerprint density at radius 2 is 1.40 bits per heavy atom. The molecule has 0 bridgehead atoms. The van der Waals surface area contributed by atoms with E-state index in [2.05, 4.69) is 17.6 Å². The van der Waals surface area contributed by atoms with Gasteiger partial charge in [-0.3, -0.25) is 9.59 Å². The number of amides is 2. The van der Waals surface area contributed by atoms with Crippen molar-refractivity contribution in [1.82, 2.24) is 0 Å². The van der Waals surface area contributed by atoms with Crippen LogP contribution < -0.4 is 10.6 Å². The Morgan fingerprint density at radius 3 is 1.96 bits per heavy atom. The van der Waals surface area contributed by atoms with Crippen LogP contribution in [0.4, 0.5) is 11.4 Å². The van der Waals surface area contributed by atoms with Gasteiger partial charge in [0.25, 0.3) is 0 Å². The molecule has 0 atom stereocenters. The van der Waals surface area contributed by atoms with Gasteiger partial charge in [0.05, 0.1) is 11.5 Å². The van der Waals surface area contributed by atoms with Gasteiger partial charge in [0.15, 0.2) is 0 Å². The van der Waals surface area contributed by atoms with E-state index >= 15 is 0 Å². The van der Waals surface area contributed by atoms with Gasteiger partial charge < -0.3 is 10.6 Å². The number of thioether (sulfide) groups is 1. The lowest BCUT2D eigenvalue weighted by Crippen LogP contribution is -2.18. The van der Waals surface area contributed by atoms with Gasteiger partial charge in [-0.25, -0.2) is 0 Å². The van der Waals surface area contributed by atoms with Crippen LogP contribution >= 0.6 is 11.8 Å². The molecule has 0 aliphatic heterocycles. The predicted octanol–water partition coefficient (Wildman–Crippen LogP) is 4.18. The highest BCUT2D eigenvalue weighted by molar-refractivity contribution is 8.00. The highest BCUT2D eigenvalue weighted by Gasteiger charge is 2.07. The number of carbonyl (C=O) groups excluding carboxylic acids is 2. The van der Waals surface area contributed by atoms with Crippen molar-refractivity contribution in [2.24, 2.45) is 0 Å². The molecule has 0 fully saturated rings. The van der Waals surface area contributed by atoms with Crippen LogP contribution in [0.5, 0.6) is 0 Å². The molecule has 0 saturated heterocycles. The summed E-state index contributed by atoms with van der Waals surface area (Å²) >= 11 is 1.30. The van der Waals surface area contributed by atoms with Gasteiger partial charge in [0, 0.05) is 11.4 Å².